The van der Waals surface area contributed by atoms with Crippen molar-refractivity contribution < 1.29 is 19.1 Å². The van der Waals surface area contributed by atoms with Crippen LogP contribution in [0, 0.1) is 17.3 Å². The van der Waals surface area contributed by atoms with Crippen molar-refractivity contribution in [3.63, 3.8) is 0 Å². The van der Waals surface area contributed by atoms with Crippen LogP contribution in [-0.2, 0) is 14.3 Å². The molecule has 7 heteroatoms. The van der Waals surface area contributed by atoms with Gasteiger partial charge < -0.3 is 19.9 Å². The number of amides is 3. The summed E-state index contributed by atoms with van der Waals surface area (Å²) in [6, 6.07) is -0.155. The van der Waals surface area contributed by atoms with Crippen molar-refractivity contribution in [1.82, 2.24) is 15.1 Å². The zero-order chi connectivity index (χ0) is 19.9. The largest absolute Gasteiger partial charge is 0.444 e. The highest BCUT2D eigenvalue weighted by Gasteiger charge is 2.48. The van der Waals surface area contributed by atoms with Gasteiger partial charge in [-0.3, -0.25) is 9.59 Å². The Morgan fingerprint density at radius 3 is 2.23 bits per heavy atom. The van der Waals surface area contributed by atoms with Crippen LogP contribution in [0.3, 0.4) is 0 Å². The SMILES string of the molecule is CC1CN(C(=O)OC(C)(C)C)CCN1C(=O)C1C(=O)NCC1C(C)(C)C. The van der Waals surface area contributed by atoms with Crippen LogP contribution in [0.15, 0.2) is 0 Å². The molecule has 2 aliphatic rings. The first-order chi connectivity index (χ1) is 11.8. The minimum absolute atomic E-state index is 0.0291. The maximum Gasteiger partial charge on any atom is 0.410 e. The van der Waals surface area contributed by atoms with Gasteiger partial charge in [0.2, 0.25) is 11.8 Å². The Hall–Kier alpha value is -1.79. The third kappa shape index (κ3) is 4.48. The molecule has 3 unspecified atom stereocenters. The molecule has 0 aromatic heterocycles. The second kappa shape index (κ2) is 7.08. The van der Waals surface area contributed by atoms with E-state index in [9.17, 15) is 14.4 Å². The van der Waals surface area contributed by atoms with Gasteiger partial charge in [-0.15, -0.1) is 0 Å². The molecule has 2 rings (SSSR count). The molecule has 0 spiro atoms. The number of carbonyl (C=O) groups is 3. The molecule has 7 nitrogen and oxygen atoms in total. The molecule has 0 aliphatic carbocycles. The van der Waals surface area contributed by atoms with Crippen LogP contribution in [0.25, 0.3) is 0 Å². The number of ether oxygens (including phenoxy) is 1. The third-order valence-corrected chi connectivity index (χ3v) is 5.12. The van der Waals surface area contributed by atoms with Crippen LogP contribution in [-0.4, -0.2) is 65.5 Å². The lowest BCUT2D eigenvalue weighted by Crippen LogP contribution is -2.58. The zero-order valence-electron chi connectivity index (χ0n) is 17.1. The monoisotopic (exact) mass is 367 g/mol. The van der Waals surface area contributed by atoms with E-state index in [0.717, 1.165) is 0 Å². The van der Waals surface area contributed by atoms with Crippen molar-refractivity contribution in [3.05, 3.63) is 0 Å². The average molecular weight is 367 g/mol. The van der Waals surface area contributed by atoms with Gasteiger partial charge in [0.1, 0.15) is 11.5 Å². The standard InChI is InChI=1S/C19H33N3O4/c1-12-11-21(17(25)26-19(5,6)7)8-9-22(12)16(24)14-13(18(2,3)4)10-20-15(14)23/h12-14H,8-11H2,1-7H3,(H,20,23). The number of rotatable bonds is 1. The fourth-order valence-electron chi connectivity index (χ4n) is 3.67. The van der Waals surface area contributed by atoms with Gasteiger partial charge in [-0.2, -0.15) is 0 Å². The fourth-order valence-corrected chi connectivity index (χ4v) is 3.67. The van der Waals surface area contributed by atoms with E-state index in [-0.39, 0.29) is 35.3 Å². The maximum absolute atomic E-state index is 13.1. The average Bonchev–Trinajstić information content (AvgIpc) is 2.86. The van der Waals surface area contributed by atoms with Gasteiger partial charge in [-0.05, 0) is 33.1 Å². The lowest BCUT2D eigenvalue weighted by molar-refractivity contribution is -0.146. The number of hydrogen-bond acceptors (Lipinski definition) is 4. The van der Waals surface area contributed by atoms with E-state index < -0.39 is 11.5 Å². The molecule has 2 heterocycles. The zero-order valence-corrected chi connectivity index (χ0v) is 17.1. The molecule has 2 aliphatic heterocycles. The molecule has 3 amide bonds. The summed E-state index contributed by atoms with van der Waals surface area (Å²) < 4.78 is 5.42. The van der Waals surface area contributed by atoms with Gasteiger partial charge >= 0.3 is 6.09 Å². The molecule has 0 bridgehead atoms. The topological polar surface area (TPSA) is 79.0 Å². The van der Waals surface area contributed by atoms with Crippen molar-refractivity contribution in [2.75, 3.05) is 26.2 Å². The Morgan fingerprint density at radius 2 is 1.73 bits per heavy atom. The van der Waals surface area contributed by atoms with Crippen molar-refractivity contribution in [1.29, 1.82) is 0 Å². The van der Waals surface area contributed by atoms with Gasteiger partial charge in [0, 0.05) is 38.1 Å². The fraction of sp³-hybridized carbons (Fsp3) is 0.842. The summed E-state index contributed by atoms with van der Waals surface area (Å²) in [5.41, 5.74) is -0.684. The van der Waals surface area contributed by atoms with Gasteiger partial charge in [-0.1, -0.05) is 20.8 Å². The highest BCUT2D eigenvalue weighted by molar-refractivity contribution is 6.02. The van der Waals surface area contributed by atoms with E-state index in [2.05, 4.69) is 26.1 Å². The smallest absolute Gasteiger partial charge is 0.410 e. The summed E-state index contributed by atoms with van der Waals surface area (Å²) in [5, 5.41) is 2.84. The quantitative estimate of drug-likeness (QED) is 0.718. The van der Waals surface area contributed by atoms with Crippen LogP contribution < -0.4 is 5.32 Å². The highest BCUT2D eigenvalue weighted by atomic mass is 16.6. The predicted octanol–water partition coefficient (Wildman–Crippen LogP) is 1.86. The summed E-state index contributed by atoms with van der Waals surface area (Å²) >= 11 is 0. The van der Waals surface area contributed by atoms with Crippen LogP contribution in [0.1, 0.15) is 48.5 Å². The molecular formula is C19H33N3O4. The Bertz CT molecular complexity index is 576. The Labute approximate surface area is 156 Å². The van der Waals surface area contributed by atoms with E-state index in [4.69, 9.17) is 4.74 Å². The summed E-state index contributed by atoms with van der Waals surface area (Å²) in [6.45, 7) is 15.4. The molecule has 2 saturated heterocycles. The first-order valence-electron chi connectivity index (χ1n) is 9.37. The summed E-state index contributed by atoms with van der Waals surface area (Å²) in [7, 11) is 0. The molecule has 0 aromatic rings. The first-order valence-corrected chi connectivity index (χ1v) is 9.37. The van der Waals surface area contributed by atoms with E-state index in [0.29, 0.717) is 26.2 Å². The highest BCUT2D eigenvalue weighted by Crippen LogP contribution is 2.36. The Morgan fingerprint density at radius 1 is 1.12 bits per heavy atom. The number of carbonyl (C=O) groups excluding carboxylic acids is 3. The molecule has 3 atom stereocenters. The molecule has 26 heavy (non-hydrogen) atoms. The molecule has 0 radical (unpaired) electrons. The number of nitrogens with one attached hydrogen (secondary N) is 1. The normalized spacial score (nSPS) is 27.3. The maximum atomic E-state index is 13.1. The lowest BCUT2D eigenvalue weighted by atomic mass is 9.74. The first kappa shape index (κ1) is 20.5. The van der Waals surface area contributed by atoms with E-state index in [1.165, 1.54) is 0 Å². The third-order valence-electron chi connectivity index (χ3n) is 5.12. The Kier molecular flexibility index (Phi) is 5.59. The van der Waals surface area contributed by atoms with Gasteiger partial charge in [-0.25, -0.2) is 4.79 Å². The molecule has 148 valence electrons. The number of hydrogen-bond donors (Lipinski definition) is 1. The van der Waals surface area contributed by atoms with Crippen LogP contribution >= 0.6 is 0 Å². The molecular weight excluding hydrogens is 334 g/mol. The van der Waals surface area contributed by atoms with E-state index in [1.807, 2.05) is 27.7 Å². The molecule has 2 fully saturated rings. The predicted molar refractivity (Wildman–Crippen MR) is 98.4 cm³/mol. The van der Waals surface area contributed by atoms with Crippen molar-refractivity contribution in [2.24, 2.45) is 17.3 Å². The second-order valence-corrected chi connectivity index (χ2v) is 9.50. The van der Waals surface area contributed by atoms with E-state index >= 15 is 0 Å². The van der Waals surface area contributed by atoms with Crippen molar-refractivity contribution >= 4 is 17.9 Å². The molecule has 0 saturated carbocycles. The van der Waals surface area contributed by atoms with Gasteiger partial charge in [0.05, 0.1) is 0 Å². The van der Waals surface area contributed by atoms with Crippen LogP contribution in [0.4, 0.5) is 4.79 Å². The van der Waals surface area contributed by atoms with E-state index in [1.54, 1.807) is 9.80 Å². The number of piperazine rings is 1. The van der Waals surface area contributed by atoms with Crippen molar-refractivity contribution in [2.45, 2.75) is 60.1 Å². The summed E-state index contributed by atoms with van der Waals surface area (Å²) in [4.78, 5) is 41.1. The van der Waals surface area contributed by atoms with Crippen LogP contribution in [0.2, 0.25) is 0 Å². The minimum Gasteiger partial charge on any atom is -0.444 e. The summed E-state index contributed by atoms with van der Waals surface area (Å²) in [5.74, 6) is -0.989. The minimum atomic E-state index is -0.648. The van der Waals surface area contributed by atoms with Crippen molar-refractivity contribution in [3.8, 4) is 0 Å². The summed E-state index contributed by atoms with van der Waals surface area (Å²) in [6.07, 6.45) is -0.359. The van der Waals surface area contributed by atoms with Gasteiger partial charge in [0.15, 0.2) is 0 Å². The van der Waals surface area contributed by atoms with Gasteiger partial charge in [0.25, 0.3) is 0 Å². The lowest BCUT2D eigenvalue weighted by Gasteiger charge is -2.42. The number of nitrogens with zero attached hydrogens (tertiary/aromatic N) is 2. The second-order valence-electron chi connectivity index (χ2n) is 9.50. The molecule has 0 aromatic carbocycles. The Balaban J connectivity index is 2.06. The van der Waals surface area contributed by atoms with Crippen LogP contribution in [0.5, 0.6) is 0 Å². The molecule has 1 N–H and O–H groups in total.